The Bertz CT molecular complexity index is 530. The molecule has 8 heteroatoms. The molecule has 1 aliphatic rings. The molecule has 7 nitrogen and oxygen atoms in total. The average molecular weight is 264 g/mol. The molecule has 18 heavy (non-hydrogen) atoms. The topological polar surface area (TPSA) is 84.7 Å². The van der Waals surface area contributed by atoms with Gasteiger partial charge in [-0.1, -0.05) is 0 Å². The predicted molar refractivity (Wildman–Crippen MR) is 65.8 cm³/mol. The van der Waals surface area contributed by atoms with Gasteiger partial charge >= 0.3 is 0 Å². The number of hydrogen-bond acceptors (Lipinski definition) is 6. The number of nitrogens with one attached hydrogen (secondary N) is 2. The van der Waals surface area contributed by atoms with Crippen molar-refractivity contribution in [3.05, 3.63) is 22.7 Å². The van der Waals surface area contributed by atoms with Crippen LogP contribution in [0.25, 0.3) is 5.69 Å². The minimum Gasteiger partial charge on any atom is -0.347 e. The first-order valence-electron chi connectivity index (χ1n) is 5.67. The fraction of sp³-hybridized carbons (Fsp3) is 0.400. The molecular weight excluding hydrogens is 252 g/mol. The zero-order chi connectivity index (χ0) is 12.4. The van der Waals surface area contributed by atoms with E-state index in [0.29, 0.717) is 10.6 Å². The molecule has 94 valence electrons. The van der Waals surface area contributed by atoms with Gasteiger partial charge in [-0.05, 0) is 34.8 Å². The molecule has 1 atom stereocenters. The van der Waals surface area contributed by atoms with E-state index in [4.69, 9.17) is 0 Å². The van der Waals surface area contributed by atoms with E-state index < -0.39 is 0 Å². The largest absolute Gasteiger partial charge is 0.347 e. The van der Waals surface area contributed by atoms with Crippen LogP contribution in [0.5, 0.6) is 0 Å². The van der Waals surface area contributed by atoms with Crippen molar-refractivity contribution >= 4 is 17.2 Å². The van der Waals surface area contributed by atoms with E-state index in [1.807, 2.05) is 11.4 Å². The molecule has 0 aliphatic carbocycles. The molecule has 2 aromatic heterocycles. The van der Waals surface area contributed by atoms with Crippen LogP contribution in [0, 0.1) is 0 Å². The summed E-state index contributed by atoms with van der Waals surface area (Å²) >= 11 is 1.39. The van der Waals surface area contributed by atoms with Crippen molar-refractivity contribution < 1.29 is 4.79 Å². The molecule has 1 amide bonds. The van der Waals surface area contributed by atoms with Gasteiger partial charge in [0.1, 0.15) is 11.2 Å². The van der Waals surface area contributed by atoms with Gasteiger partial charge in [-0.2, -0.15) is 4.68 Å². The Hall–Kier alpha value is -1.80. The molecule has 0 bridgehead atoms. The van der Waals surface area contributed by atoms with E-state index in [1.165, 1.54) is 22.3 Å². The number of thiophene rings is 1. The van der Waals surface area contributed by atoms with Gasteiger partial charge in [0.15, 0.2) is 0 Å². The van der Waals surface area contributed by atoms with E-state index >= 15 is 0 Å². The second-order valence-corrected chi connectivity index (χ2v) is 4.97. The highest BCUT2D eigenvalue weighted by Gasteiger charge is 2.21. The lowest BCUT2D eigenvalue weighted by Gasteiger charge is -2.11. The molecule has 1 fully saturated rings. The highest BCUT2D eigenvalue weighted by molar-refractivity contribution is 7.12. The fourth-order valence-corrected chi connectivity index (χ4v) is 2.73. The number of carbonyl (C=O) groups is 1. The predicted octanol–water partition coefficient (Wildman–Crippen LogP) is -0.185. The van der Waals surface area contributed by atoms with Crippen LogP contribution in [0.2, 0.25) is 0 Å². The first-order valence-corrected chi connectivity index (χ1v) is 6.55. The Morgan fingerprint density at radius 2 is 2.56 bits per heavy atom. The molecule has 1 aliphatic heterocycles. The van der Waals surface area contributed by atoms with Crippen molar-refractivity contribution in [3.8, 4) is 5.69 Å². The van der Waals surface area contributed by atoms with E-state index in [0.717, 1.165) is 19.5 Å². The Morgan fingerprint density at radius 3 is 3.28 bits per heavy atom. The number of rotatable bonds is 3. The van der Waals surface area contributed by atoms with Gasteiger partial charge in [-0.25, -0.2) is 0 Å². The number of tetrazole rings is 1. The maximum atomic E-state index is 12.2. The Labute approximate surface area is 107 Å². The maximum Gasteiger partial charge on any atom is 0.263 e. The summed E-state index contributed by atoms with van der Waals surface area (Å²) in [6, 6.07) is 2.05. The molecule has 0 spiro atoms. The van der Waals surface area contributed by atoms with E-state index in [9.17, 15) is 4.79 Å². The summed E-state index contributed by atoms with van der Waals surface area (Å²) < 4.78 is 1.50. The lowest BCUT2D eigenvalue weighted by atomic mass is 10.2. The van der Waals surface area contributed by atoms with Gasteiger partial charge < -0.3 is 10.6 Å². The van der Waals surface area contributed by atoms with E-state index in [-0.39, 0.29) is 11.9 Å². The number of amides is 1. The number of carbonyl (C=O) groups excluding carboxylic acids is 1. The minimum absolute atomic E-state index is 0.0656. The Kier molecular flexibility index (Phi) is 3.03. The molecule has 1 unspecified atom stereocenters. The van der Waals surface area contributed by atoms with Crippen LogP contribution < -0.4 is 10.6 Å². The zero-order valence-electron chi connectivity index (χ0n) is 9.54. The van der Waals surface area contributed by atoms with Crippen LogP contribution in [0.4, 0.5) is 0 Å². The van der Waals surface area contributed by atoms with E-state index in [2.05, 4.69) is 26.2 Å². The summed E-state index contributed by atoms with van der Waals surface area (Å²) in [6.07, 6.45) is 2.45. The molecule has 2 N–H and O–H groups in total. The lowest BCUT2D eigenvalue weighted by molar-refractivity contribution is 0.0944. The highest BCUT2D eigenvalue weighted by Crippen LogP contribution is 2.20. The minimum atomic E-state index is -0.0656. The van der Waals surface area contributed by atoms with Crippen molar-refractivity contribution in [1.29, 1.82) is 0 Å². The van der Waals surface area contributed by atoms with Gasteiger partial charge in [0.05, 0.1) is 5.69 Å². The Morgan fingerprint density at radius 1 is 1.61 bits per heavy atom. The number of nitrogens with zero attached hydrogens (tertiary/aromatic N) is 4. The molecule has 1 saturated heterocycles. The fourth-order valence-electron chi connectivity index (χ4n) is 1.95. The zero-order valence-corrected chi connectivity index (χ0v) is 10.4. The van der Waals surface area contributed by atoms with Crippen molar-refractivity contribution in [2.24, 2.45) is 0 Å². The number of hydrogen-bond donors (Lipinski definition) is 2. The van der Waals surface area contributed by atoms with Gasteiger partial charge in [-0.15, -0.1) is 16.4 Å². The van der Waals surface area contributed by atoms with Crippen LogP contribution in [0.15, 0.2) is 17.8 Å². The third-order valence-electron chi connectivity index (χ3n) is 2.84. The second-order valence-electron chi connectivity index (χ2n) is 4.05. The van der Waals surface area contributed by atoms with Gasteiger partial charge in [-0.3, -0.25) is 4.79 Å². The number of aromatic nitrogens is 4. The molecule has 3 rings (SSSR count). The summed E-state index contributed by atoms with van der Waals surface area (Å²) in [6.45, 7) is 1.78. The van der Waals surface area contributed by atoms with Crippen LogP contribution in [0.3, 0.4) is 0 Å². The van der Waals surface area contributed by atoms with Gasteiger partial charge in [0.25, 0.3) is 5.91 Å². The van der Waals surface area contributed by atoms with E-state index in [1.54, 1.807) is 0 Å². The van der Waals surface area contributed by atoms with Crippen molar-refractivity contribution in [1.82, 2.24) is 30.8 Å². The molecule has 0 radical (unpaired) electrons. The molecule has 0 saturated carbocycles. The summed E-state index contributed by atoms with van der Waals surface area (Å²) in [7, 11) is 0. The monoisotopic (exact) mass is 264 g/mol. The summed E-state index contributed by atoms with van der Waals surface area (Å²) in [5, 5.41) is 19.0. The normalized spacial score (nSPS) is 19.0. The maximum absolute atomic E-state index is 12.2. The van der Waals surface area contributed by atoms with Crippen LogP contribution in [0.1, 0.15) is 16.1 Å². The molecule has 3 heterocycles. The molecular formula is C10H12N6OS. The SMILES string of the molecule is O=C(NC1CCNC1)c1sccc1-n1cnnn1. The highest BCUT2D eigenvalue weighted by atomic mass is 32.1. The molecule has 2 aromatic rings. The molecule has 0 aromatic carbocycles. The van der Waals surface area contributed by atoms with Crippen LogP contribution in [-0.2, 0) is 0 Å². The third-order valence-corrected chi connectivity index (χ3v) is 3.74. The van der Waals surface area contributed by atoms with Crippen molar-refractivity contribution in [2.45, 2.75) is 12.5 Å². The third kappa shape index (κ3) is 2.12. The van der Waals surface area contributed by atoms with Crippen LogP contribution in [-0.4, -0.2) is 45.2 Å². The van der Waals surface area contributed by atoms with Gasteiger partial charge in [0.2, 0.25) is 0 Å². The first kappa shape index (κ1) is 11.3. The van der Waals surface area contributed by atoms with Crippen molar-refractivity contribution in [3.63, 3.8) is 0 Å². The first-order chi connectivity index (χ1) is 8.84. The standard InChI is InChI=1S/C10H12N6OS/c17-10(13-7-1-3-11-5-7)9-8(2-4-18-9)16-6-12-14-15-16/h2,4,6-7,11H,1,3,5H2,(H,13,17). The van der Waals surface area contributed by atoms with Gasteiger partial charge in [0, 0.05) is 12.6 Å². The summed E-state index contributed by atoms with van der Waals surface area (Å²) in [4.78, 5) is 12.8. The van der Waals surface area contributed by atoms with Crippen LogP contribution >= 0.6 is 11.3 Å². The average Bonchev–Trinajstić information content (AvgIpc) is 3.11. The summed E-state index contributed by atoms with van der Waals surface area (Å²) in [5.41, 5.74) is 0.716. The quantitative estimate of drug-likeness (QED) is 0.803. The smallest absolute Gasteiger partial charge is 0.263 e. The van der Waals surface area contributed by atoms with Crippen molar-refractivity contribution in [2.75, 3.05) is 13.1 Å². The lowest BCUT2D eigenvalue weighted by Crippen LogP contribution is -2.36. The second kappa shape index (κ2) is 4.83. The summed E-state index contributed by atoms with van der Waals surface area (Å²) in [5.74, 6) is -0.0656. The Balaban J connectivity index is 1.79.